The SMILES string of the molecule is CN=C(NCCc1nc(-c2ccco2)n[nH]1)N(C)CCOCC1CC1.I. The van der Waals surface area contributed by atoms with Gasteiger partial charge in [0, 0.05) is 40.2 Å². The minimum Gasteiger partial charge on any atom is -0.461 e. The summed E-state index contributed by atoms with van der Waals surface area (Å²) in [5.41, 5.74) is 0. The summed E-state index contributed by atoms with van der Waals surface area (Å²) in [4.78, 5) is 10.8. The van der Waals surface area contributed by atoms with Crippen molar-refractivity contribution in [3.05, 3.63) is 24.2 Å². The molecule has 0 aliphatic heterocycles. The average Bonchev–Trinajstić information content (AvgIpc) is 3.10. The molecule has 26 heavy (non-hydrogen) atoms. The summed E-state index contributed by atoms with van der Waals surface area (Å²) in [5, 5.41) is 10.4. The molecule has 1 saturated carbocycles. The van der Waals surface area contributed by atoms with Crippen LogP contribution in [0, 0.1) is 5.92 Å². The molecule has 2 heterocycles. The standard InChI is InChI=1S/C17H26N6O2.HI/c1-18-17(23(2)9-11-24-12-13-5-6-13)19-8-7-15-20-16(22-21-15)14-4-3-10-25-14;/h3-4,10,13H,5-9,11-12H2,1-2H3,(H,18,19)(H,20,21,22);1H. The number of H-pyrrole nitrogens is 1. The van der Waals surface area contributed by atoms with Crippen LogP contribution in [0.1, 0.15) is 18.7 Å². The summed E-state index contributed by atoms with van der Waals surface area (Å²) in [6.07, 6.45) is 4.98. The van der Waals surface area contributed by atoms with E-state index < -0.39 is 0 Å². The van der Waals surface area contributed by atoms with E-state index in [0.717, 1.165) is 43.9 Å². The number of furan rings is 1. The zero-order chi connectivity index (χ0) is 17.5. The largest absolute Gasteiger partial charge is 0.461 e. The van der Waals surface area contributed by atoms with Gasteiger partial charge in [-0.2, -0.15) is 5.10 Å². The summed E-state index contributed by atoms with van der Waals surface area (Å²) in [7, 11) is 3.80. The number of aliphatic imine (C=N–C) groups is 1. The Bertz CT molecular complexity index is 669. The molecular formula is C17H27IN6O2. The van der Waals surface area contributed by atoms with E-state index in [1.54, 1.807) is 13.3 Å². The van der Waals surface area contributed by atoms with Gasteiger partial charge in [-0.3, -0.25) is 10.1 Å². The molecule has 0 atom stereocenters. The van der Waals surface area contributed by atoms with Crippen molar-refractivity contribution in [3.8, 4) is 11.6 Å². The molecule has 2 aromatic rings. The highest BCUT2D eigenvalue weighted by Gasteiger charge is 2.21. The molecule has 0 spiro atoms. The number of hydrogen-bond donors (Lipinski definition) is 2. The van der Waals surface area contributed by atoms with Crippen LogP contribution in [0.2, 0.25) is 0 Å². The third-order valence-electron chi connectivity index (χ3n) is 4.11. The van der Waals surface area contributed by atoms with E-state index in [9.17, 15) is 0 Å². The second-order valence-corrected chi connectivity index (χ2v) is 6.25. The monoisotopic (exact) mass is 474 g/mol. The van der Waals surface area contributed by atoms with Crippen molar-refractivity contribution >= 4 is 29.9 Å². The first-order valence-corrected chi connectivity index (χ1v) is 8.71. The number of guanidine groups is 1. The maximum Gasteiger partial charge on any atom is 0.216 e. The predicted octanol–water partition coefficient (Wildman–Crippen LogP) is 2.16. The minimum absolute atomic E-state index is 0. The number of nitrogens with one attached hydrogen (secondary N) is 2. The van der Waals surface area contributed by atoms with E-state index >= 15 is 0 Å². The molecular weight excluding hydrogens is 447 g/mol. The third kappa shape index (κ3) is 6.27. The molecule has 1 fully saturated rings. The second kappa shape index (κ2) is 10.5. The molecule has 0 aromatic carbocycles. The Labute approximate surface area is 170 Å². The quantitative estimate of drug-likeness (QED) is 0.251. The van der Waals surface area contributed by atoms with Crippen LogP contribution in [0.5, 0.6) is 0 Å². The van der Waals surface area contributed by atoms with Gasteiger partial charge in [-0.05, 0) is 30.9 Å². The van der Waals surface area contributed by atoms with Crippen molar-refractivity contribution in [1.82, 2.24) is 25.4 Å². The topological polar surface area (TPSA) is 91.6 Å². The fraction of sp³-hybridized carbons (Fsp3) is 0.588. The molecule has 2 aromatic heterocycles. The molecule has 1 aliphatic rings. The van der Waals surface area contributed by atoms with Crippen molar-refractivity contribution in [1.29, 1.82) is 0 Å². The molecule has 3 rings (SSSR count). The lowest BCUT2D eigenvalue weighted by atomic mass is 10.4. The summed E-state index contributed by atoms with van der Waals surface area (Å²) >= 11 is 0. The van der Waals surface area contributed by atoms with Crippen molar-refractivity contribution in [3.63, 3.8) is 0 Å². The van der Waals surface area contributed by atoms with Crippen LogP contribution in [0.4, 0.5) is 0 Å². The number of halogens is 1. The van der Waals surface area contributed by atoms with Gasteiger partial charge in [0.05, 0.1) is 12.9 Å². The Hall–Kier alpha value is -1.62. The summed E-state index contributed by atoms with van der Waals surface area (Å²) in [5.74, 6) is 3.70. The van der Waals surface area contributed by atoms with Gasteiger partial charge in [-0.15, -0.1) is 24.0 Å². The lowest BCUT2D eigenvalue weighted by molar-refractivity contribution is 0.115. The van der Waals surface area contributed by atoms with Gasteiger partial charge in [-0.1, -0.05) is 0 Å². The van der Waals surface area contributed by atoms with E-state index in [2.05, 4.69) is 30.4 Å². The van der Waals surface area contributed by atoms with Crippen LogP contribution in [0.3, 0.4) is 0 Å². The third-order valence-corrected chi connectivity index (χ3v) is 4.11. The molecule has 0 amide bonds. The molecule has 9 heteroatoms. The minimum atomic E-state index is 0. The molecule has 2 N–H and O–H groups in total. The highest BCUT2D eigenvalue weighted by molar-refractivity contribution is 14.0. The van der Waals surface area contributed by atoms with Gasteiger partial charge < -0.3 is 19.4 Å². The molecule has 0 saturated heterocycles. The summed E-state index contributed by atoms with van der Waals surface area (Å²) in [6, 6.07) is 3.66. The molecule has 1 aliphatic carbocycles. The van der Waals surface area contributed by atoms with Gasteiger partial charge in [0.1, 0.15) is 5.82 Å². The first-order valence-electron chi connectivity index (χ1n) is 8.71. The first kappa shape index (κ1) is 20.7. The van der Waals surface area contributed by atoms with E-state index in [4.69, 9.17) is 9.15 Å². The van der Waals surface area contributed by atoms with Crippen molar-refractivity contribution in [2.45, 2.75) is 19.3 Å². The maximum atomic E-state index is 5.68. The van der Waals surface area contributed by atoms with E-state index in [1.165, 1.54) is 12.8 Å². The Morgan fingerprint density at radius 3 is 3.04 bits per heavy atom. The Morgan fingerprint density at radius 2 is 2.35 bits per heavy atom. The number of rotatable bonds is 9. The van der Waals surface area contributed by atoms with E-state index in [-0.39, 0.29) is 24.0 Å². The molecule has 0 radical (unpaired) electrons. The van der Waals surface area contributed by atoms with Gasteiger partial charge in [0.25, 0.3) is 0 Å². The Balaban J connectivity index is 0.00000243. The van der Waals surface area contributed by atoms with Crippen molar-refractivity contribution in [2.75, 3.05) is 40.4 Å². The van der Waals surface area contributed by atoms with Crippen molar-refractivity contribution in [2.24, 2.45) is 10.9 Å². The number of aromatic amines is 1. The van der Waals surface area contributed by atoms with Crippen LogP contribution < -0.4 is 5.32 Å². The number of likely N-dealkylation sites (N-methyl/N-ethyl adjacent to an activating group) is 1. The Morgan fingerprint density at radius 1 is 1.50 bits per heavy atom. The predicted molar refractivity (Wildman–Crippen MR) is 111 cm³/mol. The van der Waals surface area contributed by atoms with Crippen LogP contribution in [-0.4, -0.2) is 66.4 Å². The molecule has 0 unspecified atom stereocenters. The molecule has 144 valence electrons. The van der Waals surface area contributed by atoms with E-state index in [1.807, 2.05) is 19.2 Å². The van der Waals surface area contributed by atoms with Crippen molar-refractivity contribution < 1.29 is 9.15 Å². The number of nitrogens with zero attached hydrogens (tertiary/aromatic N) is 4. The summed E-state index contributed by atoms with van der Waals surface area (Å²) < 4.78 is 11.0. The lowest BCUT2D eigenvalue weighted by Gasteiger charge is -2.21. The average molecular weight is 474 g/mol. The normalized spacial score (nSPS) is 14.2. The van der Waals surface area contributed by atoms with E-state index in [0.29, 0.717) is 18.1 Å². The highest BCUT2D eigenvalue weighted by Crippen LogP contribution is 2.28. The second-order valence-electron chi connectivity index (χ2n) is 6.25. The van der Waals surface area contributed by atoms with Gasteiger partial charge in [0.2, 0.25) is 5.82 Å². The fourth-order valence-corrected chi connectivity index (χ4v) is 2.44. The fourth-order valence-electron chi connectivity index (χ4n) is 2.44. The van der Waals surface area contributed by atoms with Crippen LogP contribution in [0.15, 0.2) is 27.8 Å². The van der Waals surface area contributed by atoms with Gasteiger partial charge >= 0.3 is 0 Å². The Kier molecular flexibility index (Phi) is 8.36. The zero-order valence-corrected chi connectivity index (χ0v) is 17.6. The highest BCUT2D eigenvalue weighted by atomic mass is 127. The molecule has 0 bridgehead atoms. The van der Waals surface area contributed by atoms with Gasteiger partial charge in [-0.25, -0.2) is 4.98 Å². The lowest BCUT2D eigenvalue weighted by Crippen LogP contribution is -2.41. The molecule has 8 nitrogen and oxygen atoms in total. The number of aromatic nitrogens is 3. The zero-order valence-electron chi connectivity index (χ0n) is 15.3. The smallest absolute Gasteiger partial charge is 0.216 e. The first-order chi connectivity index (χ1) is 12.3. The van der Waals surface area contributed by atoms with Gasteiger partial charge in [0.15, 0.2) is 11.7 Å². The van der Waals surface area contributed by atoms with Crippen LogP contribution in [0.25, 0.3) is 11.6 Å². The number of ether oxygens (including phenoxy) is 1. The van der Waals surface area contributed by atoms with Crippen LogP contribution in [-0.2, 0) is 11.2 Å². The van der Waals surface area contributed by atoms with Crippen LogP contribution >= 0.6 is 24.0 Å². The summed E-state index contributed by atoms with van der Waals surface area (Å²) in [6.45, 7) is 3.15. The maximum absolute atomic E-state index is 5.68. The number of hydrogen-bond acceptors (Lipinski definition) is 5.